The van der Waals surface area contributed by atoms with E-state index in [1.165, 1.54) is 0 Å². The molecule has 1 aromatic rings. The lowest BCUT2D eigenvalue weighted by atomic mass is 10.1. The zero-order valence-corrected chi connectivity index (χ0v) is 11.9. The largest absolute Gasteiger partial charge is 0.342 e. The second-order valence-corrected chi connectivity index (χ2v) is 5.76. The van der Waals surface area contributed by atoms with Crippen LogP contribution in [0.5, 0.6) is 0 Å². The third-order valence-corrected chi connectivity index (χ3v) is 4.41. The van der Waals surface area contributed by atoms with Gasteiger partial charge in [0.2, 0.25) is 5.91 Å². The summed E-state index contributed by atoms with van der Waals surface area (Å²) in [5.41, 5.74) is 0.930. The minimum Gasteiger partial charge on any atom is -0.342 e. The van der Waals surface area contributed by atoms with Crippen LogP contribution in [0.15, 0.2) is 5.38 Å². The number of carbonyl (C=O) groups is 1. The van der Waals surface area contributed by atoms with Crippen LogP contribution in [0.4, 0.5) is 0 Å². The van der Waals surface area contributed by atoms with Crippen molar-refractivity contribution >= 4 is 17.2 Å². The van der Waals surface area contributed by atoms with Crippen LogP contribution >= 0.6 is 11.3 Å². The van der Waals surface area contributed by atoms with Gasteiger partial charge in [-0.1, -0.05) is 6.92 Å². The number of amides is 1. The minimum absolute atomic E-state index is 0.224. The maximum Gasteiger partial charge on any atom is 0.228 e. The van der Waals surface area contributed by atoms with Crippen molar-refractivity contribution in [1.29, 1.82) is 0 Å². The zero-order chi connectivity index (χ0) is 13.0. The van der Waals surface area contributed by atoms with Crippen molar-refractivity contribution in [3.05, 3.63) is 16.1 Å². The van der Waals surface area contributed by atoms with E-state index in [1.54, 1.807) is 11.3 Å². The molecule has 1 aliphatic heterocycles. The number of thiazole rings is 1. The zero-order valence-electron chi connectivity index (χ0n) is 11.1. The molecule has 1 saturated heterocycles. The first-order chi connectivity index (χ1) is 8.72. The van der Waals surface area contributed by atoms with Gasteiger partial charge in [-0.25, -0.2) is 4.98 Å². The molecule has 18 heavy (non-hydrogen) atoms. The number of nitrogens with zero attached hydrogens (tertiary/aromatic N) is 2. The molecule has 2 heterocycles. The Morgan fingerprint density at radius 3 is 3.17 bits per heavy atom. The molecule has 4 nitrogen and oxygen atoms in total. The molecule has 100 valence electrons. The minimum atomic E-state index is 0.224. The number of hydrogen-bond donors (Lipinski definition) is 1. The van der Waals surface area contributed by atoms with Crippen molar-refractivity contribution in [3.8, 4) is 0 Å². The molecule has 1 atom stereocenters. The molecule has 0 aliphatic carbocycles. The molecular weight excluding hydrogens is 246 g/mol. The molecule has 0 aromatic carbocycles. The van der Waals surface area contributed by atoms with Gasteiger partial charge in [0.05, 0.1) is 17.1 Å². The number of aromatic nitrogens is 1. The average Bonchev–Trinajstić information content (AvgIpc) is 2.98. The molecule has 0 bridgehead atoms. The van der Waals surface area contributed by atoms with E-state index < -0.39 is 0 Å². The Hall–Kier alpha value is -0.940. The van der Waals surface area contributed by atoms with Crippen molar-refractivity contribution in [1.82, 2.24) is 15.2 Å². The highest BCUT2D eigenvalue weighted by Crippen LogP contribution is 2.17. The number of likely N-dealkylation sites (tertiary alicyclic amines) is 1. The number of rotatable bonds is 5. The predicted molar refractivity (Wildman–Crippen MR) is 73.8 cm³/mol. The van der Waals surface area contributed by atoms with Gasteiger partial charge in [-0.05, 0) is 32.4 Å². The fourth-order valence-electron chi connectivity index (χ4n) is 2.37. The molecule has 5 heteroatoms. The molecule has 0 radical (unpaired) electrons. The van der Waals surface area contributed by atoms with Crippen LogP contribution in [-0.4, -0.2) is 42.5 Å². The van der Waals surface area contributed by atoms with Crippen LogP contribution in [0.25, 0.3) is 0 Å². The Morgan fingerprint density at radius 1 is 1.67 bits per heavy atom. The third kappa shape index (κ3) is 3.29. The summed E-state index contributed by atoms with van der Waals surface area (Å²) in [7, 11) is 1.96. The molecular formula is C13H21N3OS. The molecule has 2 rings (SSSR count). The van der Waals surface area contributed by atoms with Crippen LogP contribution in [0.2, 0.25) is 0 Å². The number of aryl methyl sites for hydroxylation is 1. The SMILES string of the molecule is CCc1nc(CC(=O)N2CCC(CNC)C2)cs1. The summed E-state index contributed by atoms with van der Waals surface area (Å²) in [6.07, 6.45) is 2.53. The quantitative estimate of drug-likeness (QED) is 0.875. The van der Waals surface area contributed by atoms with Gasteiger partial charge in [0.1, 0.15) is 0 Å². The van der Waals surface area contributed by atoms with Crippen molar-refractivity contribution in [2.75, 3.05) is 26.7 Å². The van der Waals surface area contributed by atoms with Gasteiger partial charge in [-0.15, -0.1) is 11.3 Å². The number of nitrogens with one attached hydrogen (secondary N) is 1. The second kappa shape index (κ2) is 6.29. The standard InChI is InChI=1S/C13H21N3OS/c1-3-12-15-11(9-18-12)6-13(17)16-5-4-10(8-16)7-14-2/h9-10,14H,3-8H2,1-2H3. The summed E-state index contributed by atoms with van der Waals surface area (Å²) >= 11 is 1.65. The summed E-state index contributed by atoms with van der Waals surface area (Å²) < 4.78 is 0. The molecule has 1 amide bonds. The third-order valence-electron chi connectivity index (χ3n) is 3.37. The van der Waals surface area contributed by atoms with Crippen molar-refractivity contribution in [3.63, 3.8) is 0 Å². The smallest absolute Gasteiger partial charge is 0.228 e. The van der Waals surface area contributed by atoms with E-state index in [0.717, 1.165) is 43.2 Å². The summed E-state index contributed by atoms with van der Waals surface area (Å²) in [5, 5.41) is 6.31. The highest BCUT2D eigenvalue weighted by Gasteiger charge is 2.25. The van der Waals surface area contributed by atoms with Gasteiger partial charge in [0, 0.05) is 18.5 Å². The van der Waals surface area contributed by atoms with Gasteiger partial charge in [0.25, 0.3) is 0 Å². The van der Waals surface area contributed by atoms with E-state index in [0.29, 0.717) is 12.3 Å². The Labute approximate surface area is 112 Å². The van der Waals surface area contributed by atoms with E-state index in [-0.39, 0.29) is 5.91 Å². The van der Waals surface area contributed by atoms with E-state index in [4.69, 9.17) is 0 Å². The molecule has 1 aliphatic rings. The Balaban J connectivity index is 1.85. The molecule has 1 fully saturated rings. The van der Waals surface area contributed by atoms with Crippen LogP contribution < -0.4 is 5.32 Å². The maximum atomic E-state index is 12.1. The predicted octanol–water partition coefficient (Wildman–Crippen LogP) is 1.32. The van der Waals surface area contributed by atoms with Gasteiger partial charge in [0.15, 0.2) is 0 Å². The molecule has 1 unspecified atom stereocenters. The van der Waals surface area contributed by atoms with Gasteiger partial charge >= 0.3 is 0 Å². The number of hydrogen-bond acceptors (Lipinski definition) is 4. The summed E-state index contributed by atoms with van der Waals surface area (Å²) in [6, 6.07) is 0. The highest BCUT2D eigenvalue weighted by molar-refractivity contribution is 7.09. The molecule has 1 aromatic heterocycles. The molecule has 0 spiro atoms. The lowest BCUT2D eigenvalue weighted by Crippen LogP contribution is -2.31. The maximum absolute atomic E-state index is 12.1. The highest BCUT2D eigenvalue weighted by atomic mass is 32.1. The van der Waals surface area contributed by atoms with Crippen molar-refractivity contribution in [2.24, 2.45) is 5.92 Å². The van der Waals surface area contributed by atoms with Crippen LogP contribution in [0.1, 0.15) is 24.0 Å². The molecule has 1 N–H and O–H groups in total. The normalized spacial score (nSPS) is 19.4. The van der Waals surface area contributed by atoms with Gasteiger partial charge in [-0.2, -0.15) is 0 Å². The first-order valence-electron chi connectivity index (χ1n) is 6.58. The van der Waals surface area contributed by atoms with Crippen LogP contribution in [-0.2, 0) is 17.6 Å². The monoisotopic (exact) mass is 267 g/mol. The average molecular weight is 267 g/mol. The Kier molecular flexibility index (Phi) is 4.72. The van der Waals surface area contributed by atoms with Gasteiger partial charge < -0.3 is 10.2 Å². The van der Waals surface area contributed by atoms with Crippen LogP contribution in [0, 0.1) is 5.92 Å². The number of carbonyl (C=O) groups excluding carboxylic acids is 1. The van der Waals surface area contributed by atoms with E-state index in [9.17, 15) is 4.79 Å². The fourth-order valence-corrected chi connectivity index (χ4v) is 3.12. The van der Waals surface area contributed by atoms with Crippen LogP contribution in [0.3, 0.4) is 0 Å². The first-order valence-corrected chi connectivity index (χ1v) is 7.46. The first kappa shape index (κ1) is 13.5. The van der Waals surface area contributed by atoms with E-state index in [1.807, 2.05) is 17.3 Å². The van der Waals surface area contributed by atoms with E-state index >= 15 is 0 Å². The summed E-state index contributed by atoms with van der Waals surface area (Å²) in [5.74, 6) is 0.835. The Morgan fingerprint density at radius 2 is 2.50 bits per heavy atom. The molecule has 0 saturated carbocycles. The van der Waals surface area contributed by atoms with E-state index in [2.05, 4.69) is 17.2 Å². The topological polar surface area (TPSA) is 45.2 Å². The lowest BCUT2D eigenvalue weighted by molar-refractivity contribution is -0.129. The van der Waals surface area contributed by atoms with Crippen molar-refractivity contribution < 1.29 is 4.79 Å². The summed E-state index contributed by atoms with van der Waals surface area (Å²) in [6.45, 7) is 4.88. The van der Waals surface area contributed by atoms with Crippen molar-refractivity contribution in [2.45, 2.75) is 26.2 Å². The van der Waals surface area contributed by atoms with Gasteiger partial charge in [-0.3, -0.25) is 4.79 Å². The Bertz CT molecular complexity index is 405. The fraction of sp³-hybridized carbons (Fsp3) is 0.692. The second-order valence-electron chi connectivity index (χ2n) is 4.82. The lowest BCUT2D eigenvalue weighted by Gasteiger charge is -2.15. The summed E-state index contributed by atoms with van der Waals surface area (Å²) in [4.78, 5) is 18.6.